The van der Waals surface area contributed by atoms with Crippen LogP contribution in [0.1, 0.15) is 11.3 Å². The second-order valence-electron chi connectivity index (χ2n) is 5.79. The number of benzene rings is 2. The Labute approximate surface area is 167 Å². The number of nitrogens with one attached hydrogen (secondary N) is 1. The van der Waals surface area contributed by atoms with Crippen molar-refractivity contribution < 1.29 is 13.5 Å². The summed E-state index contributed by atoms with van der Waals surface area (Å²) in [6.07, 6.45) is 1.59. The second kappa shape index (κ2) is 8.88. The molecule has 0 bridgehead atoms. The monoisotopic (exact) mass is 404 g/mol. The SMILES string of the molecule is COc1ccc(NC(=S)N(Cc2ccco2)Cc2c(F)cccc2Cl)cc1. The van der Waals surface area contributed by atoms with Crippen LogP contribution < -0.4 is 10.1 Å². The first-order valence-corrected chi connectivity index (χ1v) is 9.00. The van der Waals surface area contributed by atoms with E-state index in [-0.39, 0.29) is 12.4 Å². The van der Waals surface area contributed by atoms with Gasteiger partial charge in [0.2, 0.25) is 0 Å². The predicted molar refractivity (Wildman–Crippen MR) is 109 cm³/mol. The number of furan rings is 1. The van der Waals surface area contributed by atoms with Gasteiger partial charge in [0, 0.05) is 22.8 Å². The average Bonchev–Trinajstić information content (AvgIpc) is 3.17. The van der Waals surface area contributed by atoms with Crippen molar-refractivity contribution in [2.24, 2.45) is 0 Å². The van der Waals surface area contributed by atoms with E-state index in [1.165, 1.54) is 6.07 Å². The molecule has 0 fully saturated rings. The van der Waals surface area contributed by atoms with Crippen molar-refractivity contribution in [3.05, 3.63) is 83.0 Å². The normalized spacial score (nSPS) is 10.5. The molecule has 4 nitrogen and oxygen atoms in total. The topological polar surface area (TPSA) is 37.6 Å². The quantitative estimate of drug-likeness (QED) is 0.550. The highest BCUT2D eigenvalue weighted by Gasteiger charge is 2.17. The molecule has 1 heterocycles. The summed E-state index contributed by atoms with van der Waals surface area (Å²) in [5.74, 6) is 1.08. The third-order valence-electron chi connectivity index (χ3n) is 3.97. The molecule has 0 aliphatic rings. The summed E-state index contributed by atoms with van der Waals surface area (Å²) < 4.78 is 24.8. The predicted octanol–water partition coefficient (Wildman–Crippen LogP) is 5.48. The Morgan fingerprint density at radius 2 is 1.93 bits per heavy atom. The van der Waals surface area contributed by atoms with Gasteiger partial charge in [-0.2, -0.15) is 0 Å². The molecule has 0 atom stereocenters. The van der Waals surface area contributed by atoms with Crippen LogP contribution in [0.3, 0.4) is 0 Å². The van der Waals surface area contributed by atoms with Crippen LogP contribution in [0.5, 0.6) is 5.75 Å². The van der Waals surface area contributed by atoms with Crippen LogP contribution >= 0.6 is 23.8 Å². The van der Waals surface area contributed by atoms with Gasteiger partial charge < -0.3 is 19.4 Å². The Balaban J connectivity index is 1.81. The molecule has 0 unspecified atom stereocenters. The third kappa shape index (κ3) is 4.99. The van der Waals surface area contributed by atoms with Crippen LogP contribution in [0.15, 0.2) is 65.3 Å². The molecule has 3 aromatic rings. The summed E-state index contributed by atoms with van der Waals surface area (Å²) >= 11 is 11.7. The van der Waals surface area contributed by atoms with Crippen LogP contribution in [-0.4, -0.2) is 17.1 Å². The second-order valence-corrected chi connectivity index (χ2v) is 6.59. The van der Waals surface area contributed by atoms with E-state index in [2.05, 4.69) is 5.32 Å². The van der Waals surface area contributed by atoms with Crippen LogP contribution in [0, 0.1) is 5.82 Å². The molecule has 0 spiro atoms. The molecule has 3 rings (SSSR count). The minimum atomic E-state index is -0.376. The van der Waals surface area contributed by atoms with Crippen molar-refractivity contribution in [2.45, 2.75) is 13.1 Å². The number of anilines is 1. The van der Waals surface area contributed by atoms with E-state index >= 15 is 0 Å². The molecule has 27 heavy (non-hydrogen) atoms. The summed E-state index contributed by atoms with van der Waals surface area (Å²) in [5, 5.41) is 3.94. The van der Waals surface area contributed by atoms with Gasteiger partial charge in [0.15, 0.2) is 5.11 Å². The van der Waals surface area contributed by atoms with Gasteiger partial charge in [-0.3, -0.25) is 0 Å². The maximum absolute atomic E-state index is 14.3. The van der Waals surface area contributed by atoms with Crippen molar-refractivity contribution in [3.8, 4) is 5.75 Å². The van der Waals surface area contributed by atoms with E-state index in [9.17, 15) is 4.39 Å². The first-order valence-electron chi connectivity index (χ1n) is 8.22. The van der Waals surface area contributed by atoms with Gasteiger partial charge in [0.05, 0.1) is 19.9 Å². The fraction of sp³-hybridized carbons (Fsp3) is 0.150. The molecule has 2 aromatic carbocycles. The van der Waals surface area contributed by atoms with Crippen molar-refractivity contribution in [2.75, 3.05) is 12.4 Å². The Morgan fingerprint density at radius 3 is 2.56 bits per heavy atom. The van der Waals surface area contributed by atoms with E-state index in [1.54, 1.807) is 36.5 Å². The molecule has 0 aliphatic carbocycles. The highest BCUT2D eigenvalue weighted by atomic mass is 35.5. The lowest BCUT2D eigenvalue weighted by molar-refractivity contribution is 0.355. The molecule has 7 heteroatoms. The zero-order valence-electron chi connectivity index (χ0n) is 14.6. The lowest BCUT2D eigenvalue weighted by atomic mass is 10.2. The highest BCUT2D eigenvalue weighted by Crippen LogP contribution is 2.23. The number of ether oxygens (including phenoxy) is 1. The number of nitrogens with zero attached hydrogens (tertiary/aromatic N) is 1. The largest absolute Gasteiger partial charge is 0.497 e. The van der Waals surface area contributed by atoms with E-state index in [4.69, 9.17) is 33.0 Å². The Bertz CT molecular complexity index is 881. The molecule has 140 valence electrons. The number of methoxy groups -OCH3 is 1. The zero-order chi connectivity index (χ0) is 19.2. The fourth-order valence-corrected chi connectivity index (χ4v) is 3.01. The number of thiocarbonyl (C=S) groups is 1. The van der Waals surface area contributed by atoms with E-state index in [0.717, 1.165) is 11.4 Å². The van der Waals surface area contributed by atoms with Crippen molar-refractivity contribution in [3.63, 3.8) is 0 Å². The molecule has 1 aromatic heterocycles. The van der Waals surface area contributed by atoms with E-state index in [0.29, 0.717) is 28.0 Å². The average molecular weight is 405 g/mol. The Hall–Kier alpha value is -2.57. The number of hydrogen-bond donors (Lipinski definition) is 1. The number of halogens is 2. The molecule has 0 radical (unpaired) electrons. The van der Waals surface area contributed by atoms with Gasteiger partial charge in [-0.15, -0.1) is 0 Å². The maximum Gasteiger partial charge on any atom is 0.174 e. The minimum Gasteiger partial charge on any atom is -0.497 e. The smallest absolute Gasteiger partial charge is 0.174 e. The third-order valence-corrected chi connectivity index (χ3v) is 4.68. The molecule has 0 saturated heterocycles. The first-order chi connectivity index (χ1) is 13.1. The lowest BCUT2D eigenvalue weighted by Crippen LogP contribution is -2.34. The van der Waals surface area contributed by atoms with Crippen LogP contribution in [0.25, 0.3) is 0 Å². The van der Waals surface area contributed by atoms with Crippen LogP contribution in [0.4, 0.5) is 10.1 Å². The van der Waals surface area contributed by atoms with Crippen molar-refractivity contribution >= 4 is 34.6 Å². The molecular formula is C20H18ClFN2O2S. The molecule has 0 saturated carbocycles. The Kier molecular flexibility index (Phi) is 6.32. The minimum absolute atomic E-state index is 0.203. The van der Waals surface area contributed by atoms with E-state index in [1.807, 2.05) is 30.3 Å². The van der Waals surface area contributed by atoms with Crippen LogP contribution in [-0.2, 0) is 13.1 Å². The summed E-state index contributed by atoms with van der Waals surface area (Å²) in [5.41, 5.74) is 1.18. The number of rotatable bonds is 6. The van der Waals surface area contributed by atoms with Gasteiger partial charge in [0.25, 0.3) is 0 Å². The van der Waals surface area contributed by atoms with Crippen molar-refractivity contribution in [1.29, 1.82) is 0 Å². The summed E-state index contributed by atoms with van der Waals surface area (Å²) in [6.45, 7) is 0.577. The van der Waals surface area contributed by atoms with Crippen LogP contribution in [0.2, 0.25) is 5.02 Å². The number of hydrogen-bond acceptors (Lipinski definition) is 3. The molecule has 0 amide bonds. The lowest BCUT2D eigenvalue weighted by Gasteiger charge is -2.26. The van der Waals surface area contributed by atoms with Crippen molar-refractivity contribution in [1.82, 2.24) is 4.90 Å². The summed E-state index contributed by atoms with van der Waals surface area (Å²) in [4.78, 5) is 1.79. The first kappa shape index (κ1) is 19.2. The summed E-state index contributed by atoms with van der Waals surface area (Å²) in [6, 6.07) is 15.6. The van der Waals surface area contributed by atoms with Gasteiger partial charge >= 0.3 is 0 Å². The summed E-state index contributed by atoms with van der Waals surface area (Å²) in [7, 11) is 1.61. The van der Waals surface area contributed by atoms with Gasteiger partial charge in [0.1, 0.15) is 17.3 Å². The fourth-order valence-electron chi connectivity index (χ4n) is 2.54. The van der Waals surface area contributed by atoms with Gasteiger partial charge in [-0.25, -0.2) is 4.39 Å². The Morgan fingerprint density at radius 1 is 1.15 bits per heavy atom. The maximum atomic E-state index is 14.3. The molecule has 0 aliphatic heterocycles. The molecular weight excluding hydrogens is 387 g/mol. The molecule has 1 N–H and O–H groups in total. The van der Waals surface area contributed by atoms with Gasteiger partial charge in [-0.05, 0) is 60.7 Å². The zero-order valence-corrected chi connectivity index (χ0v) is 16.2. The highest BCUT2D eigenvalue weighted by molar-refractivity contribution is 7.80. The van der Waals surface area contributed by atoms with Gasteiger partial charge in [-0.1, -0.05) is 17.7 Å². The van der Waals surface area contributed by atoms with E-state index < -0.39 is 0 Å². The standard InChI is InChI=1S/C20H18ClFN2O2S/c1-25-15-9-7-14(8-10-15)23-20(27)24(12-16-4-3-11-26-16)13-17-18(21)5-2-6-19(17)22/h2-11H,12-13H2,1H3,(H,23,27).